The number of hydrogen-bond acceptors (Lipinski definition) is 5. The van der Waals surface area contributed by atoms with Crippen molar-refractivity contribution in [3.63, 3.8) is 0 Å². The minimum absolute atomic E-state index is 0.117. The quantitative estimate of drug-likeness (QED) is 0.707. The Hall–Kier alpha value is -3.19. The van der Waals surface area contributed by atoms with Gasteiger partial charge in [-0.05, 0) is 38.1 Å². The Morgan fingerprint density at radius 3 is 2.93 bits per heavy atom. The highest BCUT2D eigenvalue weighted by Gasteiger charge is 2.26. The van der Waals surface area contributed by atoms with E-state index < -0.39 is 5.97 Å². The second kappa shape index (κ2) is 7.44. The molecule has 1 aromatic carbocycles. The lowest BCUT2D eigenvalue weighted by Gasteiger charge is -2.14. The zero-order valence-electron chi connectivity index (χ0n) is 15.5. The van der Waals surface area contributed by atoms with E-state index in [0.29, 0.717) is 23.7 Å². The van der Waals surface area contributed by atoms with Crippen molar-refractivity contribution in [2.75, 3.05) is 13.1 Å². The second-order valence-corrected chi connectivity index (χ2v) is 7.09. The van der Waals surface area contributed by atoms with E-state index in [2.05, 4.69) is 14.9 Å². The van der Waals surface area contributed by atoms with Crippen LogP contribution >= 0.6 is 0 Å². The smallest absolute Gasteiger partial charge is 0.336 e. The van der Waals surface area contributed by atoms with Gasteiger partial charge in [-0.1, -0.05) is 18.2 Å². The van der Waals surface area contributed by atoms with Crippen LogP contribution in [0.25, 0.3) is 11.3 Å². The first-order valence-corrected chi connectivity index (χ1v) is 9.21. The Labute approximate surface area is 161 Å². The summed E-state index contributed by atoms with van der Waals surface area (Å²) in [4.78, 5) is 32.5. The number of aromatic carboxylic acids is 1. The first-order chi connectivity index (χ1) is 13.5. The summed E-state index contributed by atoms with van der Waals surface area (Å²) in [7, 11) is 0. The highest BCUT2D eigenvalue weighted by Crippen LogP contribution is 2.29. The maximum Gasteiger partial charge on any atom is 0.336 e. The molecule has 1 atom stereocenters. The van der Waals surface area contributed by atoms with Gasteiger partial charge in [0.25, 0.3) is 5.56 Å². The summed E-state index contributed by atoms with van der Waals surface area (Å²) >= 11 is 0. The number of carboxylic acid groups (broad SMARTS) is 1. The molecule has 4 rings (SSSR count). The molecule has 1 aliphatic heterocycles. The first kappa shape index (κ1) is 18.2. The Kier molecular flexibility index (Phi) is 4.83. The Morgan fingerprint density at radius 2 is 2.14 bits per heavy atom. The highest BCUT2D eigenvalue weighted by atomic mass is 16.4. The van der Waals surface area contributed by atoms with E-state index in [1.807, 2.05) is 12.1 Å². The molecule has 0 saturated carbocycles. The number of aromatic nitrogens is 2. The monoisotopic (exact) mass is 379 g/mol. The number of likely N-dealkylation sites (tertiary alicyclic amines) is 1. The maximum atomic E-state index is 11.7. The number of aromatic amines is 1. The molecule has 1 aliphatic rings. The molecular weight excluding hydrogens is 358 g/mol. The van der Waals surface area contributed by atoms with Crippen molar-refractivity contribution in [3.05, 3.63) is 75.7 Å². The predicted molar refractivity (Wildman–Crippen MR) is 103 cm³/mol. The minimum atomic E-state index is -0.975. The summed E-state index contributed by atoms with van der Waals surface area (Å²) in [6.07, 6.45) is 0.936. The van der Waals surface area contributed by atoms with Crippen molar-refractivity contribution >= 4 is 5.97 Å². The predicted octanol–water partition coefficient (Wildman–Crippen LogP) is 3.03. The molecule has 0 aliphatic carbocycles. The lowest BCUT2D eigenvalue weighted by molar-refractivity contribution is 0.0697. The number of nitrogens with zero attached hydrogens (tertiary/aromatic N) is 2. The normalized spacial score (nSPS) is 17.1. The van der Waals surface area contributed by atoms with Crippen LogP contribution in [0.5, 0.6) is 0 Å². The molecule has 7 heteroatoms. The van der Waals surface area contributed by atoms with Gasteiger partial charge in [-0.15, -0.1) is 0 Å². The number of benzene rings is 1. The summed E-state index contributed by atoms with van der Waals surface area (Å²) < 4.78 is 5.93. The lowest BCUT2D eigenvalue weighted by Crippen LogP contribution is -2.20. The highest BCUT2D eigenvalue weighted by molar-refractivity contribution is 5.95. The molecule has 0 radical (unpaired) electrons. The number of rotatable bonds is 5. The van der Waals surface area contributed by atoms with Crippen molar-refractivity contribution in [2.24, 2.45) is 0 Å². The van der Waals surface area contributed by atoms with E-state index in [-0.39, 0.29) is 17.0 Å². The third-order valence-electron chi connectivity index (χ3n) is 5.03. The largest absolute Gasteiger partial charge is 0.478 e. The van der Waals surface area contributed by atoms with Gasteiger partial charge in [-0.25, -0.2) is 9.78 Å². The fourth-order valence-electron chi connectivity index (χ4n) is 3.74. The number of aryl methyl sites for hydroxylation is 1. The van der Waals surface area contributed by atoms with Gasteiger partial charge in [0, 0.05) is 24.1 Å². The second-order valence-electron chi connectivity index (χ2n) is 7.09. The zero-order chi connectivity index (χ0) is 19.7. The van der Waals surface area contributed by atoms with Gasteiger partial charge < -0.3 is 14.5 Å². The molecule has 28 heavy (non-hydrogen) atoms. The van der Waals surface area contributed by atoms with E-state index >= 15 is 0 Å². The minimum Gasteiger partial charge on any atom is -0.478 e. The third-order valence-corrected chi connectivity index (χ3v) is 5.03. The lowest BCUT2D eigenvalue weighted by atomic mass is 10.0. The SMILES string of the molecule is Cc1nc([C@@H]2CCN(Cc3ccc(-c4ccccc4C(=O)O)o3)C2)cc(=O)[nH]1. The van der Waals surface area contributed by atoms with Crippen LogP contribution in [0.15, 0.2) is 51.7 Å². The molecule has 1 fully saturated rings. The molecule has 0 unspecified atom stereocenters. The van der Waals surface area contributed by atoms with Crippen molar-refractivity contribution in [1.29, 1.82) is 0 Å². The number of carboxylic acids is 1. The number of H-pyrrole nitrogens is 1. The fourth-order valence-corrected chi connectivity index (χ4v) is 3.74. The van der Waals surface area contributed by atoms with Crippen molar-refractivity contribution < 1.29 is 14.3 Å². The first-order valence-electron chi connectivity index (χ1n) is 9.21. The van der Waals surface area contributed by atoms with Gasteiger partial charge >= 0.3 is 5.97 Å². The number of hydrogen-bond donors (Lipinski definition) is 2. The Morgan fingerprint density at radius 1 is 1.32 bits per heavy atom. The van der Waals surface area contributed by atoms with E-state index in [4.69, 9.17) is 4.42 Å². The van der Waals surface area contributed by atoms with Gasteiger partial charge in [0.1, 0.15) is 17.3 Å². The molecule has 0 bridgehead atoms. The van der Waals surface area contributed by atoms with E-state index in [0.717, 1.165) is 31.0 Å². The summed E-state index contributed by atoms with van der Waals surface area (Å²) in [5.74, 6) is 1.22. The zero-order valence-corrected chi connectivity index (χ0v) is 15.5. The van der Waals surface area contributed by atoms with Crippen LogP contribution in [0.3, 0.4) is 0 Å². The standard InChI is InChI=1S/C21H21N3O4/c1-13-22-18(10-20(25)23-13)14-8-9-24(11-14)12-15-6-7-19(28-15)16-4-2-3-5-17(16)21(26)27/h2-7,10,14H,8-9,11-12H2,1H3,(H,26,27)(H,22,23,25)/t14-/m1/s1. The molecule has 1 saturated heterocycles. The summed E-state index contributed by atoms with van der Waals surface area (Å²) in [5, 5.41) is 9.36. The average Bonchev–Trinajstić information content (AvgIpc) is 3.31. The topological polar surface area (TPSA) is 99.4 Å². The van der Waals surface area contributed by atoms with E-state index in [1.165, 1.54) is 0 Å². The molecule has 3 heterocycles. The van der Waals surface area contributed by atoms with Crippen LogP contribution in [-0.2, 0) is 6.54 Å². The van der Waals surface area contributed by atoms with Gasteiger partial charge in [-0.3, -0.25) is 9.69 Å². The molecule has 3 aromatic rings. The van der Waals surface area contributed by atoms with Crippen molar-refractivity contribution in [1.82, 2.24) is 14.9 Å². The number of furan rings is 1. The molecule has 2 aromatic heterocycles. The van der Waals surface area contributed by atoms with Gasteiger partial charge in [0.2, 0.25) is 0 Å². The van der Waals surface area contributed by atoms with Gasteiger partial charge in [0.05, 0.1) is 17.8 Å². The third kappa shape index (κ3) is 3.75. The van der Waals surface area contributed by atoms with Crippen molar-refractivity contribution in [3.8, 4) is 11.3 Å². The summed E-state index contributed by atoms with van der Waals surface area (Å²) in [5.41, 5.74) is 1.51. The molecule has 7 nitrogen and oxygen atoms in total. The van der Waals surface area contributed by atoms with Crippen LogP contribution < -0.4 is 5.56 Å². The van der Waals surface area contributed by atoms with E-state index in [9.17, 15) is 14.7 Å². The van der Waals surface area contributed by atoms with Crippen LogP contribution in [0, 0.1) is 6.92 Å². The van der Waals surface area contributed by atoms with Crippen LogP contribution in [0.1, 0.15) is 40.0 Å². The van der Waals surface area contributed by atoms with Crippen LogP contribution in [0.4, 0.5) is 0 Å². The molecular formula is C21H21N3O4. The Balaban J connectivity index is 1.47. The van der Waals surface area contributed by atoms with E-state index in [1.54, 1.807) is 37.3 Å². The molecule has 2 N–H and O–H groups in total. The summed E-state index contributed by atoms with van der Waals surface area (Å²) in [6, 6.07) is 12.1. The molecule has 0 spiro atoms. The average molecular weight is 379 g/mol. The van der Waals surface area contributed by atoms with Crippen LogP contribution in [0.2, 0.25) is 0 Å². The molecule has 0 amide bonds. The number of nitrogens with one attached hydrogen (secondary N) is 1. The van der Waals surface area contributed by atoms with Gasteiger partial charge in [0.15, 0.2) is 0 Å². The molecule has 144 valence electrons. The van der Waals surface area contributed by atoms with Gasteiger partial charge in [-0.2, -0.15) is 0 Å². The number of carbonyl (C=O) groups is 1. The maximum absolute atomic E-state index is 11.7. The fraction of sp³-hybridized carbons (Fsp3) is 0.286. The van der Waals surface area contributed by atoms with Crippen molar-refractivity contribution in [2.45, 2.75) is 25.8 Å². The Bertz CT molecular complexity index is 1070. The van der Waals surface area contributed by atoms with Crippen LogP contribution in [-0.4, -0.2) is 39.0 Å². The summed E-state index contributed by atoms with van der Waals surface area (Å²) in [6.45, 7) is 4.11.